The number of fused-ring (bicyclic) bond motifs is 1. The number of carbonyl (C=O) groups excluding carboxylic acids is 3. The molecule has 0 saturated carbocycles. The molecular weight excluding hydrogens is 568 g/mol. The van der Waals surface area contributed by atoms with Crippen molar-refractivity contribution in [2.45, 2.75) is 50.5 Å². The van der Waals surface area contributed by atoms with Crippen molar-refractivity contribution in [1.29, 1.82) is 0 Å². The van der Waals surface area contributed by atoms with Gasteiger partial charge in [-0.3, -0.25) is 9.59 Å². The van der Waals surface area contributed by atoms with E-state index in [1.54, 1.807) is 4.90 Å². The molecule has 0 spiro atoms. The van der Waals surface area contributed by atoms with Crippen molar-refractivity contribution in [3.8, 4) is 0 Å². The minimum atomic E-state index is -5.02. The van der Waals surface area contributed by atoms with Crippen molar-refractivity contribution in [2.24, 2.45) is 0 Å². The maximum atomic E-state index is 13.6. The lowest BCUT2D eigenvalue weighted by atomic mass is 10.0. The highest BCUT2D eigenvalue weighted by atomic mass is 19.4. The molecule has 2 heterocycles. The van der Waals surface area contributed by atoms with Gasteiger partial charge in [0.1, 0.15) is 12.2 Å². The number of piperazine rings is 1. The van der Waals surface area contributed by atoms with Gasteiger partial charge in [-0.2, -0.15) is 26.3 Å². The van der Waals surface area contributed by atoms with Crippen molar-refractivity contribution in [2.75, 3.05) is 33.7 Å². The molecule has 2 fully saturated rings. The number of alkyl halides is 6. The molecule has 1 N–H and O–H groups in total. The van der Waals surface area contributed by atoms with Crippen molar-refractivity contribution >= 4 is 17.8 Å². The minimum absolute atomic E-state index is 0.00681. The first-order valence-corrected chi connectivity index (χ1v) is 13.3. The molecule has 0 radical (unpaired) electrons. The third-order valence-corrected chi connectivity index (χ3v) is 7.27. The van der Waals surface area contributed by atoms with Crippen LogP contribution in [0.3, 0.4) is 0 Å². The summed E-state index contributed by atoms with van der Waals surface area (Å²) in [4.78, 5) is 46.1. The summed E-state index contributed by atoms with van der Waals surface area (Å²) in [7, 11) is 3.64. The molecule has 4 rings (SSSR count). The summed E-state index contributed by atoms with van der Waals surface area (Å²) in [5, 5.41) is 2.42. The average Bonchev–Trinajstić information content (AvgIpc) is 2.91. The highest BCUT2D eigenvalue weighted by Crippen LogP contribution is 2.36. The number of halogens is 6. The van der Waals surface area contributed by atoms with Crippen LogP contribution in [-0.4, -0.2) is 83.4 Å². The zero-order chi connectivity index (χ0) is 30.8. The Morgan fingerprint density at radius 2 is 1.57 bits per heavy atom. The lowest BCUT2D eigenvalue weighted by molar-refractivity contribution is -0.167. The first-order chi connectivity index (χ1) is 19.6. The Hall–Kier alpha value is -3.81. The average molecular weight is 600 g/mol. The Morgan fingerprint density at radius 3 is 2.14 bits per heavy atom. The van der Waals surface area contributed by atoms with E-state index < -0.39 is 48.3 Å². The van der Waals surface area contributed by atoms with Gasteiger partial charge >= 0.3 is 18.4 Å². The summed E-state index contributed by atoms with van der Waals surface area (Å²) in [6, 6.07) is 8.66. The highest BCUT2D eigenvalue weighted by molar-refractivity contribution is 5.91. The molecule has 14 heteroatoms. The summed E-state index contributed by atoms with van der Waals surface area (Å²) in [5.41, 5.74) is -2.51. The second-order valence-electron chi connectivity index (χ2n) is 10.6. The van der Waals surface area contributed by atoms with Crippen LogP contribution in [0.25, 0.3) is 0 Å². The second-order valence-corrected chi connectivity index (χ2v) is 10.6. The molecule has 0 aromatic heterocycles. The van der Waals surface area contributed by atoms with Gasteiger partial charge in [-0.05, 0) is 56.4 Å². The van der Waals surface area contributed by atoms with Crippen molar-refractivity contribution in [3.63, 3.8) is 0 Å². The standard InChI is InChI=1S/C28H31F6N5O3/c1-36(2)10-8-22-25(41)37(16-18-6-4-3-5-7-18)17-23-38(11-9-24(40)39(22)23)26(42)35-15-19-12-20(27(29,30)31)14-21(13-19)28(32,33)34/h3-7,12-14,22-23H,8-11,15-17H2,1-2H3,(H,35,42)/t22-,23+/m0/s1. The van der Waals surface area contributed by atoms with E-state index in [1.165, 1.54) is 9.80 Å². The van der Waals surface area contributed by atoms with Crippen LogP contribution in [0.4, 0.5) is 31.1 Å². The number of hydrogen-bond acceptors (Lipinski definition) is 4. The lowest BCUT2D eigenvalue weighted by Gasteiger charge is -2.52. The Balaban J connectivity index is 1.58. The molecule has 8 nitrogen and oxygen atoms in total. The van der Waals surface area contributed by atoms with Crippen molar-refractivity contribution in [1.82, 2.24) is 24.9 Å². The van der Waals surface area contributed by atoms with E-state index in [2.05, 4.69) is 5.32 Å². The van der Waals surface area contributed by atoms with E-state index in [4.69, 9.17) is 0 Å². The van der Waals surface area contributed by atoms with Crippen molar-refractivity contribution < 1.29 is 40.7 Å². The van der Waals surface area contributed by atoms with Crippen LogP contribution in [0.15, 0.2) is 48.5 Å². The van der Waals surface area contributed by atoms with E-state index in [1.807, 2.05) is 49.3 Å². The number of urea groups is 1. The van der Waals surface area contributed by atoms with Crippen LogP contribution in [-0.2, 0) is 35.0 Å². The second kappa shape index (κ2) is 12.2. The monoisotopic (exact) mass is 599 g/mol. The molecule has 2 saturated heterocycles. The molecule has 228 valence electrons. The molecule has 2 aromatic carbocycles. The summed E-state index contributed by atoms with van der Waals surface area (Å²) in [6.45, 7) is 0.0643. The fraction of sp³-hybridized carbons (Fsp3) is 0.464. The molecule has 2 aliphatic heterocycles. The van der Waals surface area contributed by atoms with Gasteiger partial charge in [0.25, 0.3) is 0 Å². The number of nitrogens with zero attached hydrogens (tertiary/aromatic N) is 4. The van der Waals surface area contributed by atoms with E-state index in [9.17, 15) is 40.7 Å². The number of carbonyl (C=O) groups is 3. The van der Waals surface area contributed by atoms with Gasteiger partial charge in [-0.25, -0.2) is 4.79 Å². The number of benzene rings is 2. The maximum absolute atomic E-state index is 13.6. The quantitative estimate of drug-likeness (QED) is 0.486. The molecule has 0 unspecified atom stereocenters. The van der Waals surface area contributed by atoms with E-state index in [0.717, 1.165) is 5.56 Å². The number of rotatable bonds is 7. The molecule has 0 aliphatic carbocycles. The zero-order valence-corrected chi connectivity index (χ0v) is 23.0. The summed E-state index contributed by atoms with van der Waals surface area (Å²) < 4.78 is 79.7. The van der Waals surface area contributed by atoms with Crippen LogP contribution in [0.1, 0.15) is 35.1 Å². The van der Waals surface area contributed by atoms with Crippen LogP contribution < -0.4 is 5.32 Å². The Labute approximate surface area is 238 Å². The van der Waals surface area contributed by atoms with Gasteiger partial charge < -0.3 is 24.9 Å². The summed E-state index contributed by atoms with van der Waals surface area (Å²) in [6.07, 6.45) is -10.7. The van der Waals surface area contributed by atoms with Crippen LogP contribution in [0.5, 0.6) is 0 Å². The molecule has 2 atom stereocenters. The molecule has 42 heavy (non-hydrogen) atoms. The minimum Gasteiger partial charge on any atom is -0.334 e. The SMILES string of the molecule is CN(C)CC[C@H]1C(=O)N(Cc2ccccc2)C[C@@H]2N(C(=O)NCc3cc(C(F)(F)F)cc(C(F)(F)F)c3)CCC(=O)N21. The Kier molecular flexibility index (Phi) is 9.04. The normalized spacial score (nSPS) is 19.8. The van der Waals surface area contributed by atoms with Crippen LogP contribution in [0, 0.1) is 0 Å². The van der Waals surface area contributed by atoms with E-state index in [-0.39, 0.29) is 49.5 Å². The number of amides is 4. The van der Waals surface area contributed by atoms with Gasteiger partial charge in [0.2, 0.25) is 11.8 Å². The molecular formula is C28H31F6N5O3. The van der Waals surface area contributed by atoms with E-state index >= 15 is 0 Å². The topological polar surface area (TPSA) is 76.2 Å². The molecule has 4 amide bonds. The third-order valence-electron chi connectivity index (χ3n) is 7.27. The molecule has 0 bridgehead atoms. The first kappa shape index (κ1) is 31.1. The van der Waals surface area contributed by atoms with Gasteiger partial charge in [0.15, 0.2) is 0 Å². The number of hydrogen-bond donors (Lipinski definition) is 1. The fourth-order valence-electron chi connectivity index (χ4n) is 5.22. The first-order valence-electron chi connectivity index (χ1n) is 13.3. The van der Waals surface area contributed by atoms with Crippen LogP contribution >= 0.6 is 0 Å². The number of nitrogens with one attached hydrogen (secondary N) is 1. The molecule has 2 aromatic rings. The lowest BCUT2D eigenvalue weighted by Crippen LogP contribution is -2.72. The Morgan fingerprint density at radius 1 is 0.952 bits per heavy atom. The largest absolute Gasteiger partial charge is 0.416 e. The fourth-order valence-corrected chi connectivity index (χ4v) is 5.22. The maximum Gasteiger partial charge on any atom is 0.416 e. The predicted octanol–water partition coefficient (Wildman–Crippen LogP) is 4.16. The molecule has 2 aliphatic rings. The highest BCUT2D eigenvalue weighted by Gasteiger charge is 2.48. The summed E-state index contributed by atoms with van der Waals surface area (Å²) >= 11 is 0. The van der Waals surface area contributed by atoms with Gasteiger partial charge in [0, 0.05) is 26.1 Å². The van der Waals surface area contributed by atoms with Crippen LogP contribution in [0.2, 0.25) is 0 Å². The third kappa shape index (κ3) is 7.15. The van der Waals surface area contributed by atoms with Crippen molar-refractivity contribution in [3.05, 3.63) is 70.8 Å². The summed E-state index contributed by atoms with van der Waals surface area (Å²) in [5.74, 6) is -0.579. The van der Waals surface area contributed by atoms with Gasteiger partial charge in [-0.1, -0.05) is 30.3 Å². The zero-order valence-electron chi connectivity index (χ0n) is 23.0. The Bertz CT molecular complexity index is 1270. The van der Waals surface area contributed by atoms with E-state index in [0.29, 0.717) is 25.1 Å². The van der Waals surface area contributed by atoms with Gasteiger partial charge in [0.05, 0.1) is 17.7 Å². The predicted molar refractivity (Wildman–Crippen MR) is 139 cm³/mol. The smallest absolute Gasteiger partial charge is 0.334 e. The van der Waals surface area contributed by atoms with Gasteiger partial charge in [-0.15, -0.1) is 0 Å².